The van der Waals surface area contributed by atoms with Gasteiger partial charge in [0, 0.05) is 18.8 Å². The molecule has 0 spiro atoms. The highest BCUT2D eigenvalue weighted by molar-refractivity contribution is 7.89. The number of rotatable bonds is 8. The lowest BCUT2D eigenvalue weighted by Gasteiger charge is -2.30. The van der Waals surface area contributed by atoms with E-state index in [0.717, 1.165) is 5.75 Å². The number of morpholine rings is 1. The van der Waals surface area contributed by atoms with Crippen LogP contribution in [0, 0.1) is 0 Å². The minimum absolute atomic E-state index is 0.101. The number of carbonyl (C=O) groups is 1. The van der Waals surface area contributed by atoms with Gasteiger partial charge in [0.25, 0.3) is 5.91 Å². The zero-order chi connectivity index (χ0) is 22.4. The molecule has 168 valence electrons. The van der Waals surface area contributed by atoms with Crippen LogP contribution in [0.25, 0.3) is 0 Å². The third-order valence-corrected chi connectivity index (χ3v) is 6.01. The molecule has 0 radical (unpaired) electrons. The van der Waals surface area contributed by atoms with Crippen LogP contribution in [0.2, 0.25) is 0 Å². The first kappa shape index (κ1) is 23.1. The molecule has 1 amide bonds. The highest BCUT2D eigenvalue weighted by Gasteiger charge is 2.21. The SMILES string of the molecule is CC(C)c1ccc(OCCNC(=O)c2cc(S(N)(=O)=O)ccc2N2CCOCC2)cc1. The van der Waals surface area contributed by atoms with Crippen molar-refractivity contribution in [3.05, 3.63) is 53.6 Å². The summed E-state index contributed by atoms with van der Waals surface area (Å²) in [7, 11) is -3.93. The van der Waals surface area contributed by atoms with Gasteiger partial charge in [0.15, 0.2) is 0 Å². The number of nitrogens with one attached hydrogen (secondary N) is 1. The van der Waals surface area contributed by atoms with Crippen molar-refractivity contribution in [1.82, 2.24) is 5.32 Å². The van der Waals surface area contributed by atoms with Crippen LogP contribution in [0.15, 0.2) is 47.4 Å². The van der Waals surface area contributed by atoms with Gasteiger partial charge < -0.3 is 19.7 Å². The molecular weight excluding hydrogens is 418 g/mol. The Balaban J connectivity index is 1.66. The maximum absolute atomic E-state index is 12.9. The second-order valence-corrected chi connectivity index (χ2v) is 9.21. The topological polar surface area (TPSA) is 111 Å². The van der Waals surface area contributed by atoms with Crippen LogP contribution in [-0.2, 0) is 14.8 Å². The van der Waals surface area contributed by atoms with E-state index in [0.29, 0.717) is 37.9 Å². The Labute approximate surface area is 183 Å². The number of hydrogen-bond donors (Lipinski definition) is 2. The third kappa shape index (κ3) is 6.19. The van der Waals surface area contributed by atoms with E-state index < -0.39 is 10.0 Å². The number of nitrogens with zero attached hydrogens (tertiary/aromatic N) is 1. The summed E-state index contributed by atoms with van der Waals surface area (Å²) in [5.74, 6) is 0.789. The summed E-state index contributed by atoms with van der Waals surface area (Å²) in [6, 6.07) is 12.2. The van der Waals surface area contributed by atoms with E-state index in [1.807, 2.05) is 29.2 Å². The van der Waals surface area contributed by atoms with Crippen molar-refractivity contribution in [1.29, 1.82) is 0 Å². The first-order valence-electron chi connectivity index (χ1n) is 10.3. The average Bonchev–Trinajstić information content (AvgIpc) is 2.76. The summed E-state index contributed by atoms with van der Waals surface area (Å²) in [6.07, 6.45) is 0. The van der Waals surface area contributed by atoms with E-state index in [1.54, 1.807) is 6.07 Å². The van der Waals surface area contributed by atoms with Crippen molar-refractivity contribution in [3.8, 4) is 5.75 Å². The Bertz CT molecular complexity index is 1000. The number of amides is 1. The molecule has 3 rings (SSSR count). The number of sulfonamides is 1. The molecule has 8 nitrogen and oxygen atoms in total. The standard InChI is InChI=1S/C22H29N3O5S/c1-16(2)17-3-5-18(6-4-17)30-12-9-24-22(26)20-15-19(31(23,27)28)7-8-21(20)25-10-13-29-14-11-25/h3-8,15-16H,9-14H2,1-2H3,(H,24,26)(H2,23,27,28). The van der Waals surface area contributed by atoms with E-state index in [9.17, 15) is 13.2 Å². The van der Waals surface area contributed by atoms with Gasteiger partial charge in [-0.1, -0.05) is 26.0 Å². The summed E-state index contributed by atoms with van der Waals surface area (Å²) < 4.78 is 34.6. The molecule has 0 atom stereocenters. The highest BCUT2D eigenvalue weighted by atomic mass is 32.2. The Morgan fingerprint density at radius 2 is 1.84 bits per heavy atom. The van der Waals surface area contributed by atoms with Crippen molar-refractivity contribution in [2.75, 3.05) is 44.4 Å². The molecule has 1 heterocycles. The summed E-state index contributed by atoms with van der Waals surface area (Å²) in [5, 5.41) is 8.06. The molecule has 3 N–H and O–H groups in total. The van der Waals surface area contributed by atoms with Gasteiger partial charge in [-0.25, -0.2) is 13.6 Å². The van der Waals surface area contributed by atoms with Gasteiger partial charge in [-0.05, 0) is 41.8 Å². The number of nitrogens with two attached hydrogens (primary N) is 1. The first-order chi connectivity index (χ1) is 14.8. The fourth-order valence-electron chi connectivity index (χ4n) is 3.33. The number of ether oxygens (including phenoxy) is 2. The van der Waals surface area contributed by atoms with Crippen molar-refractivity contribution >= 4 is 21.6 Å². The Morgan fingerprint density at radius 3 is 2.45 bits per heavy atom. The molecule has 2 aromatic carbocycles. The van der Waals surface area contributed by atoms with Crippen LogP contribution in [0.5, 0.6) is 5.75 Å². The zero-order valence-corrected chi connectivity index (χ0v) is 18.7. The molecule has 1 aliphatic heterocycles. The summed E-state index contributed by atoms with van der Waals surface area (Å²) >= 11 is 0. The Morgan fingerprint density at radius 1 is 1.16 bits per heavy atom. The molecular formula is C22H29N3O5S. The van der Waals surface area contributed by atoms with Crippen molar-refractivity contribution in [3.63, 3.8) is 0 Å². The normalized spacial score (nSPS) is 14.5. The van der Waals surface area contributed by atoms with Crippen molar-refractivity contribution < 1.29 is 22.7 Å². The number of anilines is 1. The number of hydrogen-bond acceptors (Lipinski definition) is 6. The number of benzene rings is 2. The summed E-state index contributed by atoms with van der Waals surface area (Å²) in [6.45, 7) is 7.13. The van der Waals surface area contributed by atoms with Crippen LogP contribution in [-0.4, -0.2) is 53.8 Å². The van der Waals surface area contributed by atoms with Crippen LogP contribution >= 0.6 is 0 Å². The fraction of sp³-hybridized carbons (Fsp3) is 0.409. The molecule has 0 unspecified atom stereocenters. The Kier molecular flexibility index (Phi) is 7.53. The van der Waals surface area contributed by atoms with Gasteiger partial charge in [0.2, 0.25) is 10.0 Å². The molecule has 1 saturated heterocycles. The van der Waals surface area contributed by atoms with Crippen LogP contribution in [0.3, 0.4) is 0 Å². The average molecular weight is 448 g/mol. The largest absolute Gasteiger partial charge is 0.492 e. The first-order valence-corrected chi connectivity index (χ1v) is 11.8. The van der Waals surface area contributed by atoms with Gasteiger partial charge in [-0.15, -0.1) is 0 Å². The lowest BCUT2D eigenvalue weighted by molar-refractivity contribution is 0.0945. The molecule has 0 saturated carbocycles. The monoisotopic (exact) mass is 447 g/mol. The Hall–Kier alpha value is -2.62. The second-order valence-electron chi connectivity index (χ2n) is 7.65. The molecule has 0 aliphatic carbocycles. The lowest BCUT2D eigenvalue weighted by Crippen LogP contribution is -2.38. The highest BCUT2D eigenvalue weighted by Crippen LogP contribution is 2.25. The predicted octanol–water partition coefficient (Wildman–Crippen LogP) is 2.10. The van der Waals surface area contributed by atoms with E-state index in [1.165, 1.54) is 17.7 Å². The molecule has 0 bridgehead atoms. The molecule has 2 aromatic rings. The minimum atomic E-state index is -3.93. The van der Waals surface area contributed by atoms with Gasteiger partial charge >= 0.3 is 0 Å². The van der Waals surface area contributed by atoms with Crippen LogP contribution < -0.4 is 20.1 Å². The van der Waals surface area contributed by atoms with Crippen molar-refractivity contribution in [2.24, 2.45) is 5.14 Å². The number of primary sulfonamides is 1. The predicted molar refractivity (Wildman–Crippen MR) is 119 cm³/mol. The van der Waals surface area contributed by atoms with E-state index in [4.69, 9.17) is 14.6 Å². The maximum Gasteiger partial charge on any atom is 0.253 e. The summed E-state index contributed by atoms with van der Waals surface area (Å²) in [5.41, 5.74) is 2.14. The van der Waals surface area contributed by atoms with Gasteiger partial charge in [0.1, 0.15) is 12.4 Å². The fourth-order valence-corrected chi connectivity index (χ4v) is 3.87. The second kappa shape index (κ2) is 10.1. The van der Waals surface area contributed by atoms with Gasteiger partial charge in [-0.2, -0.15) is 0 Å². The smallest absolute Gasteiger partial charge is 0.253 e. The molecule has 1 fully saturated rings. The lowest BCUT2D eigenvalue weighted by atomic mass is 10.0. The third-order valence-electron chi connectivity index (χ3n) is 5.10. The minimum Gasteiger partial charge on any atom is -0.492 e. The summed E-state index contributed by atoms with van der Waals surface area (Å²) in [4.78, 5) is 14.8. The maximum atomic E-state index is 12.9. The molecule has 9 heteroatoms. The van der Waals surface area contributed by atoms with E-state index in [2.05, 4.69) is 19.2 Å². The van der Waals surface area contributed by atoms with E-state index >= 15 is 0 Å². The quantitative estimate of drug-likeness (QED) is 0.600. The molecule has 0 aromatic heterocycles. The number of carbonyl (C=O) groups excluding carboxylic acids is 1. The van der Waals surface area contributed by atoms with Crippen molar-refractivity contribution in [2.45, 2.75) is 24.7 Å². The van der Waals surface area contributed by atoms with E-state index in [-0.39, 0.29) is 29.5 Å². The zero-order valence-electron chi connectivity index (χ0n) is 17.8. The van der Waals surface area contributed by atoms with Gasteiger partial charge in [-0.3, -0.25) is 4.79 Å². The van der Waals surface area contributed by atoms with Gasteiger partial charge in [0.05, 0.1) is 30.2 Å². The molecule has 1 aliphatic rings. The molecule has 31 heavy (non-hydrogen) atoms. The van der Waals surface area contributed by atoms with Crippen LogP contribution in [0.1, 0.15) is 35.7 Å². The van der Waals surface area contributed by atoms with Crippen LogP contribution in [0.4, 0.5) is 5.69 Å².